The van der Waals surface area contributed by atoms with E-state index in [1.807, 2.05) is 6.07 Å². The average molecular weight is 300 g/mol. The highest BCUT2D eigenvalue weighted by Gasteiger charge is 2.53. The molecule has 0 amide bonds. The second-order valence-electron chi connectivity index (χ2n) is 6.83. The zero-order valence-electron chi connectivity index (χ0n) is 13.0. The molecule has 6 nitrogen and oxygen atoms in total. The molecular weight excluding hydrogens is 276 g/mol. The molecule has 4 rings (SSSR count). The van der Waals surface area contributed by atoms with Crippen LogP contribution >= 0.6 is 0 Å². The minimum absolute atomic E-state index is 0.532. The Hall–Kier alpha value is -1.85. The van der Waals surface area contributed by atoms with Crippen molar-refractivity contribution >= 4 is 11.9 Å². The van der Waals surface area contributed by atoms with Gasteiger partial charge in [-0.2, -0.15) is 0 Å². The molecule has 2 saturated carbocycles. The van der Waals surface area contributed by atoms with E-state index >= 15 is 0 Å². The molecule has 22 heavy (non-hydrogen) atoms. The number of guanidine groups is 1. The second kappa shape index (κ2) is 5.41. The molecule has 6 heteroatoms. The van der Waals surface area contributed by atoms with E-state index < -0.39 is 0 Å². The fourth-order valence-electron chi connectivity index (χ4n) is 3.48. The number of aliphatic imine (C=N–C) groups is 1. The zero-order chi connectivity index (χ0) is 15.0. The Balaban J connectivity index is 1.31. The number of rotatable bonds is 4. The van der Waals surface area contributed by atoms with Gasteiger partial charge in [0.2, 0.25) is 5.95 Å². The fraction of sp³-hybridized carbons (Fsp3) is 0.688. The van der Waals surface area contributed by atoms with E-state index in [0.717, 1.165) is 50.5 Å². The van der Waals surface area contributed by atoms with Crippen LogP contribution in [0.2, 0.25) is 0 Å². The van der Waals surface area contributed by atoms with E-state index in [4.69, 9.17) is 10.7 Å². The molecule has 1 saturated heterocycles. The molecule has 2 N–H and O–H groups in total. The summed E-state index contributed by atoms with van der Waals surface area (Å²) in [6, 6.07) is 1.85. The molecule has 118 valence electrons. The van der Waals surface area contributed by atoms with Crippen molar-refractivity contribution in [2.75, 3.05) is 37.6 Å². The van der Waals surface area contributed by atoms with Crippen LogP contribution in [-0.4, -0.2) is 53.6 Å². The number of nitrogens with two attached hydrogens (primary N) is 1. The highest BCUT2D eigenvalue weighted by atomic mass is 15.4. The predicted octanol–water partition coefficient (Wildman–Crippen LogP) is 1.10. The molecule has 0 spiro atoms. The summed E-state index contributed by atoms with van der Waals surface area (Å²) in [6.45, 7) is 4.52. The van der Waals surface area contributed by atoms with Gasteiger partial charge in [-0.05, 0) is 43.1 Å². The number of hydrogen-bond acceptors (Lipinski definition) is 4. The Morgan fingerprint density at radius 3 is 2.45 bits per heavy atom. The molecule has 3 aliphatic rings. The summed E-state index contributed by atoms with van der Waals surface area (Å²) >= 11 is 0. The minimum atomic E-state index is 0.532. The smallest absolute Gasteiger partial charge is 0.225 e. The lowest BCUT2D eigenvalue weighted by molar-refractivity contribution is 0.373. The number of anilines is 1. The number of hydrogen-bond donors (Lipinski definition) is 1. The molecule has 0 unspecified atom stereocenters. The Kier molecular flexibility index (Phi) is 3.39. The summed E-state index contributed by atoms with van der Waals surface area (Å²) in [4.78, 5) is 17.7. The van der Waals surface area contributed by atoms with Crippen LogP contribution in [0.15, 0.2) is 23.5 Å². The lowest BCUT2D eigenvalue weighted by atomic mass is 10.0. The van der Waals surface area contributed by atoms with E-state index in [-0.39, 0.29) is 0 Å². The Morgan fingerprint density at radius 2 is 1.86 bits per heavy atom. The van der Waals surface area contributed by atoms with Gasteiger partial charge in [0.25, 0.3) is 0 Å². The first-order valence-corrected chi connectivity index (χ1v) is 8.34. The minimum Gasteiger partial charge on any atom is -0.370 e. The van der Waals surface area contributed by atoms with Crippen molar-refractivity contribution in [1.29, 1.82) is 0 Å². The van der Waals surface area contributed by atoms with Crippen LogP contribution in [0.25, 0.3) is 0 Å². The largest absolute Gasteiger partial charge is 0.370 e. The van der Waals surface area contributed by atoms with Crippen LogP contribution in [0.3, 0.4) is 0 Å². The first-order valence-electron chi connectivity index (χ1n) is 8.34. The SMILES string of the molecule is NC(=NCC1(C2CC2)CC1)N1CCN(c2ncccn2)CC1. The number of aromatic nitrogens is 2. The fourth-order valence-corrected chi connectivity index (χ4v) is 3.48. The van der Waals surface area contributed by atoms with Gasteiger partial charge >= 0.3 is 0 Å². The van der Waals surface area contributed by atoms with Crippen LogP contribution in [0, 0.1) is 11.3 Å². The van der Waals surface area contributed by atoms with Gasteiger partial charge in [0.1, 0.15) is 0 Å². The molecule has 2 aliphatic carbocycles. The van der Waals surface area contributed by atoms with E-state index in [0.29, 0.717) is 5.41 Å². The van der Waals surface area contributed by atoms with Crippen molar-refractivity contribution in [1.82, 2.24) is 14.9 Å². The second-order valence-corrected chi connectivity index (χ2v) is 6.83. The van der Waals surface area contributed by atoms with Gasteiger partial charge in [0.05, 0.1) is 0 Å². The maximum atomic E-state index is 6.21. The van der Waals surface area contributed by atoms with Gasteiger partial charge in [-0.1, -0.05) is 0 Å². The maximum absolute atomic E-state index is 6.21. The van der Waals surface area contributed by atoms with Crippen molar-refractivity contribution in [3.05, 3.63) is 18.5 Å². The topological polar surface area (TPSA) is 70.6 Å². The summed E-state index contributed by atoms with van der Waals surface area (Å²) in [5.41, 5.74) is 6.75. The predicted molar refractivity (Wildman–Crippen MR) is 86.7 cm³/mol. The summed E-state index contributed by atoms with van der Waals surface area (Å²) in [7, 11) is 0. The van der Waals surface area contributed by atoms with Gasteiger partial charge in [0, 0.05) is 45.1 Å². The lowest BCUT2D eigenvalue weighted by Gasteiger charge is -2.35. The first-order chi connectivity index (χ1) is 10.8. The first kappa shape index (κ1) is 13.8. The van der Waals surface area contributed by atoms with Crippen LogP contribution in [0.5, 0.6) is 0 Å². The third-order valence-corrected chi connectivity index (χ3v) is 5.33. The average Bonchev–Trinajstić information content (AvgIpc) is 3.47. The summed E-state index contributed by atoms with van der Waals surface area (Å²) < 4.78 is 0. The van der Waals surface area contributed by atoms with Crippen molar-refractivity contribution in [3.8, 4) is 0 Å². The van der Waals surface area contributed by atoms with E-state index in [1.54, 1.807) is 12.4 Å². The Morgan fingerprint density at radius 1 is 1.18 bits per heavy atom. The van der Waals surface area contributed by atoms with Crippen molar-refractivity contribution in [2.45, 2.75) is 25.7 Å². The number of nitrogens with zero attached hydrogens (tertiary/aromatic N) is 5. The van der Waals surface area contributed by atoms with Crippen molar-refractivity contribution in [3.63, 3.8) is 0 Å². The molecule has 3 fully saturated rings. The monoisotopic (exact) mass is 300 g/mol. The van der Waals surface area contributed by atoms with Crippen molar-refractivity contribution in [2.24, 2.45) is 22.1 Å². The molecule has 0 aromatic carbocycles. The molecule has 0 atom stereocenters. The number of piperazine rings is 1. The molecule has 1 aromatic heterocycles. The summed E-state index contributed by atoms with van der Waals surface area (Å²) in [5, 5.41) is 0. The molecule has 0 radical (unpaired) electrons. The van der Waals surface area contributed by atoms with Gasteiger partial charge in [-0.3, -0.25) is 4.99 Å². The third kappa shape index (κ3) is 2.74. The molecule has 1 aliphatic heterocycles. The molecular formula is C16H24N6. The maximum Gasteiger partial charge on any atom is 0.225 e. The normalized spacial score (nSPS) is 24.5. The highest BCUT2D eigenvalue weighted by molar-refractivity contribution is 5.78. The zero-order valence-corrected chi connectivity index (χ0v) is 13.0. The molecule has 2 heterocycles. The van der Waals surface area contributed by atoms with Crippen LogP contribution in [0.1, 0.15) is 25.7 Å². The van der Waals surface area contributed by atoms with Crippen LogP contribution in [0.4, 0.5) is 5.95 Å². The van der Waals surface area contributed by atoms with Crippen LogP contribution in [-0.2, 0) is 0 Å². The van der Waals surface area contributed by atoms with E-state index in [2.05, 4.69) is 19.8 Å². The van der Waals surface area contributed by atoms with E-state index in [9.17, 15) is 0 Å². The van der Waals surface area contributed by atoms with Gasteiger partial charge in [-0.15, -0.1) is 0 Å². The Bertz CT molecular complexity index is 541. The summed E-state index contributed by atoms with van der Waals surface area (Å²) in [5.74, 6) is 2.47. The standard InChI is InChI=1S/C16H24N6/c17-14(20-12-16(4-5-16)13-2-3-13)21-8-10-22(11-9-21)15-18-6-1-7-19-15/h1,6-7,13H,2-5,8-12H2,(H2,17,20). The van der Waals surface area contributed by atoms with Gasteiger partial charge in [0.15, 0.2) is 5.96 Å². The van der Waals surface area contributed by atoms with Gasteiger partial charge < -0.3 is 15.5 Å². The van der Waals surface area contributed by atoms with Crippen LogP contribution < -0.4 is 10.6 Å². The quantitative estimate of drug-likeness (QED) is 0.666. The van der Waals surface area contributed by atoms with Crippen molar-refractivity contribution < 1.29 is 0 Å². The molecule has 1 aromatic rings. The third-order valence-electron chi connectivity index (χ3n) is 5.33. The van der Waals surface area contributed by atoms with Gasteiger partial charge in [-0.25, -0.2) is 9.97 Å². The molecule has 0 bridgehead atoms. The highest BCUT2D eigenvalue weighted by Crippen LogP contribution is 2.61. The summed E-state index contributed by atoms with van der Waals surface area (Å²) in [6.07, 6.45) is 9.10. The van der Waals surface area contributed by atoms with E-state index in [1.165, 1.54) is 25.7 Å². The lowest BCUT2D eigenvalue weighted by Crippen LogP contribution is -2.51. The Labute approximate surface area is 131 Å².